The molecule has 136 valence electrons. The van der Waals surface area contributed by atoms with E-state index in [0.717, 1.165) is 17.5 Å². The molecule has 0 amide bonds. The largest absolute Gasteiger partial charge is 0.490 e. The molecule has 0 aliphatic heterocycles. The second-order valence-corrected chi connectivity index (χ2v) is 6.40. The van der Waals surface area contributed by atoms with Crippen LogP contribution in [0.2, 0.25) is 0 Å². The second kappa shape index (κ2) is 11.2. The Morgan fingerprint density at radius 1 is 1.33 bits per heavy atom. The van der Waals surface area contributed by atoms with Crippen LogP contribution >= 0.6 is 0 Å². The van der Waals surface area contributed by atoms with Gasteiger partial charge in [-0.3, -0.25) is 4.79 Å². The van der Waals surface area contributed by atoms with E-state index in [4.69, 9.17) is 9.47 Å². The number of ether oxygens (including phenoxy) is 2. The zero-order chi connectivity index (χ0) is 17.9. The summed E-state index contributed by atoms with van der Waals surface area (Å²) >= 11 is 0. The number of benzene rings is 1. The summed E-state index contributed by atoms with van der Waals surface area (Å²) in [4.78, 5) is 11.3. The Labute approximate surface area is 145 Å². The summed E-state index contributed by atoms with van der Waals surface area (Å²) in [6.07, 6.45) is 0.777. The Morgan fingerprint density at radius 3 is 2.71 bits per heavy atom. The minimum absolute atomic E-state index is 0.124. The molecule has 0 saturated carbocycles. The van der Waals surface area contributed by atoms with E-state index in [2.05, 4.69) is 12.2 Å². The first-order chi connectivity index (χ1) is 11.4. The van der Waals surface area contributed by atoms with Gasteiger partial charge < -0.3 is 19.9 Å². The fourth-order valence-corrected chi connectivity index (χ4v) is 2.23. The maximum atomic E-state index is 11.3. The first-order valence-corrected chi connectivity index (χ1v) is 8.65. The highest BCUT2D eigenvalue weighted by Crippen LogP contribution is 2.22. The number of nitrogens with one attached hydrogen (secondary N) is 1. The van der Waals surface area contributed by atoms with Crippen molar-refractivity contribution >= 4 is 5.78 Å². The normalized spacial score (nSPS) is 12.4. The molecule has 0 radical (unpaired) electrons. The Bertz CT molecular complexity index is 502. The van der Waals surface area contributed by atoms with Gasteiger partial charge >= 0.3 is 0 Å². The fourth-order valence-electron chi connectivity index (χ4n) is 2.23. The molecule has 0 fully saturated rings. The number of aliphatic hydroxyl groups is 1. The third-order valence-electron chi connectivity index (χ3n) is 3.38. The molecule has 0 spiro atoms. The first-order valence-electron chi connectivity index (χ1n) is 8.65. The quantitative estimate of drug-likeness (QED) is 0.574. The highest BCUT2D eigenvalue weighted by atomic mass is 16.5. The van der Waals surface area contributed by atoms with Crippen LogP contribution in [0.25, 0.3) is 0 Å². The molecule has 0 aliphatic carbocycles. The second-order valence-electron chi connectivity index (χ2n) is 6.40. The van der Waals surface area contributed by atoms with Gasteiger partial charge in [-0.25, -0.2) is 0 Å². The summed E-state index contributed by atoms with van der Waals surface area (Å²) in [7, 11) is 0. The van der Waals surface area contributed by atoms with Crippen molar-refractivity contribution in [2.45, 2.75) is 59.3 Å². The van der Waals surface area contributed by atoms with Gasteiger partial charge in [0.2, 0.25) is 0 Å². The maximum absolute atomic E-state index is 11.3. The van der Waals surface area contributed by atoms with Crippen LogP contribution in [0.3, 0.4) is 0 Å². The van der Waals surface area contributed by atoms with Crippen LogP contribution < -0.4 is 10.1 Å². The zero-order valence-electron chi connectivity index (χ0n) is 15.3. The molecule has 5 nitrogen and oxygen atoms in total. The van der Waals surface area contributed by atoms with Crippen LogP contribution in [-0.4, -0.2) is 42.8 Å². The molecule has 0 heterocycles. The number of hydrogen-bond donors (Lipinski definition) is 2. The highest BCUT2D eigenvalue weighted by Gasteiger charge is 2.11. The average Bonchev–Trinajstić information content (AvgIpc) is 2.51. The molecule has 1 aromatic rings. The molecule has 0 aliphatic rings. The molecular formula is C19H31NO4. The molecule has 1 atom stereocenters. The molecule has 1 aromatic carbocycles. The lowest BCUT2D eigenvalue weighted by atomic mass is 10.1. The van der Waals surface area contributed by atoms with Gasteiger partial charge in [-0.2, -0.15) is 0 Å². The molecule has 0 aromatic heterocycles. The summed E-state index contributed by atoms with van der Waals surface area (Å²) in [6, 6.07) is 6.01. The average molecular weight is 337 g/mol. The summed E-state index contributed by atoms with van der Waals surface area (Å²) in [6.45, 7) is 9.52. The van der Waals surface area contributed by atoms with E-state index in [0.29, 0.717) is 38.0 Å². The lowest BCUT2D eigenvalue weighted by Gasteiger charge is -2.17. The SMILES string of the molecule is CCCOCc1cc(CC(C)=O)ccc1OCC(O)CNC(C)C. The van der Waals surface area contributed by atoms with Crippen molar-refractivity contribution in [1.29, 1.82) is 0 Å². The standard InChI is InChI=1S/C19H31NO4/c1-5-8-23-12-17-10-16(9-15(4)21)6-7-19(17)24-13-18(22)11-20-14(2)3/h6-7,10,14,18,20,22H,5,8-9,11-13H2,1-4H3. The van der Waals surface area contributed by atoms with E-state index in [1.54, 1.807) is 6.92 Å². The predicted octanol–water partition coefficient (Wildman–Crippen LogP) is 2.48. The van der Waals surface area contributed by atoms with Crippen molar-refractivity contribution < 1.29 is 19.4 Å². The zero-order valence-corrected chi connectivity index (χ0v) is 15.3. The highest BCUT2D eigenvalue weighted by molar-refractivity contribution is 5.78. The van der Waals surface area contributed by atoms with Crippen LogP contribution in [0, 0.1) is 0 Å². The van der Waals surface area contributed by atoms with Crippen molar-refractivity contribution in [3.63, 3.8) is 0 Å². The summed E-state index contributed by atoms with van der Waals surface area (Å²) < 4.78 is 11.4. The number of rotatable bonds is 12. The van der Waals surface area contributed by atoms with E-state index in [1.807, 2.05) is 32.0 Å². The molecule has 24 heavy (non-hydrogen) atoms. The van der Waals surface area contributed by atoms with E-state index < -0.39 is 6.10 Å². The van der Waals surface area contributed by atoms with Gasteiger partial charge in [0.05, 0.1) is 6.61 Å². The van der Waals surface area contributed by atoms with Crippen molar-refractivity contribution in [1.82, 2.24) is 5.32 Å². The van der Waals surface area contributed by atoms with Crippen molar-refractivity contribution in [2.75, 3.05) is 19.8 Å². The molecule has 0 saturated heterocycles. The van der Waals surface area contributed by atoms with Gasteiger partial charge in [0.15, 0.2) is 0 Å². The summed E-state index contributed by atoms with van der Waals surface area (Å²) in [5.74, 6) is 0.821. The van der Waals surface area contributed by atoms with Gasteiger partial charge in [0.25, 0.3) is 0 Å². The fraction of sp³-hybridized carbons (Fsp3) is 0.632. The number of carbonyl (C=O) groups is 1. The predicted molar refractivity (Wildman–Crippen MR) is 95.4 cm³/mol. The van der Waals surface area contributed by atoms with E-state index in [1.165, 1.54) is 0 Å². The Hall–Kier alpha value is -1.43. The number of Topliss-reactive ketones (excluding diaryl/α,β-unsaturated/α-hetero) is 1. The summed E-state index contributed by atoms with van der Waals surface area (Å²) in [5.41, 5.74) is 1.86. The molecule has 2 N–H and O–H groups in total. The molecule has 1 unspecified atom stereocenters. The topological polar surface area (TPSA) is 67.8 Å². The molecule has 1 rings (SSSR count). The van der Waals surface area contributed by atoms with Crippen LogP contribution in [0.5, 0.6) is 5.75 Å². The molecule has 5 heteroatoms. The van der Waals surface area contributed by atoms with E-state index >= 15 is 0 Å². The van der Waals surface area contributed by atoms with E-state index in [-0.39, 0.29) is 12.4 Å². The maximum Gasteiger partial charge on any atom is 0.134 e. The lowest BCUT2D eigenvalue weighted by molar-refractivity contribution is -0.116. The third-order valence-corrected chi connectivity index (χ3v) is 3.38. The number of hydrogen-bond acceptors (Lipinski definition) is 5. The van der Waals surface area contributed by atoms with Gasteiger partial charge in [0, 0.05) is 31.2 Å². The summed E-state index contributed by atoms with van der Waals surface area (Å²) in [5, 5.41) is 13.2. The molecule has 0 bridgehead atoms. The third kappa shape index (κ3) is 8.43. The van der Waals surface area contributed by atoms with E-state index in [9.17, 15) is 9.90 Å². The Balaban J connectivity index is 2.70. The lowest BCUT2D eigenvalue weighted by Crippen LogP contribution is -2.35. The number of carbonyl (C=O) groups excluding carboxylic acids is 1. The van der Waals surface area contributed by atoms with Gasteiger partial charge in [0.1, 0.15) is 24.2 Å². The minimum Gasteiger partial charge on any atom is -0.490 e. The van der Waals surface area contributed by atoms with Gasteiger partial charge in [-0.15, -0.1) is 0 Å². The Kier molecular flexibility index (Phi) is 9.60. The monoisotopic (exact) mass is 337 g/mol. The van der Waals surface area contributed by atoms with Gasteiger partial charge in [-0.1, -0.05) is 26.8 Å². The number of aliphatic hydroxyl groups excluding tert-OH is 1. The van der Waals surface area contributed by atoms with Crippen LogP contribution in [0.1, 0.15) is 45.2 Å². The minimum atomic E-state index is -0.575. The Morgan fingerprint density at radius 2 is 2.08 bits per heavy atom. The van der Waals surface area contributed by atoms with Crippen LogP contribution in [-0.2, 0) is 22.6 Å². The van der Waals surface area contributed by atoms with Gasteiger partial charge in [-0.05, 0) is 31.0 Å². The van der Waals surface area contributed by atoms with Crippen molar-refractivity contribution in [3.05, 3.63) is 29.3 Å². The van der Waals surface area contributed by atoms with Crippen molar-refractivity contribution in [3.8, 4) is 5.75 Å². The van der Waals surface area contributed by atoms with Crippen molar-refractivity contribution in [2.24, 2.45) is 0 Å². The number of ketones is 1. The smallest absolute Gasteiger partial charge is 0.134 e. The van der Waals surface area contributed by atoms with Crippen LogP contribution in [0.4, 0.5) is 0 Å². The van der Waals surface area contributed by atoms with Crippen LogP contribution in [0.15, 0.2) is 18.2 Å². The first kappa shape index (κ1) is 20.6. The molecular weight excluding hydrogens is 306 g/mol.